The fourth-order valence-corrected chi connectivity index (χ4v) is 4.39. The molecule has 0 radical (unpaired) electrons. The van der Waals surface area contributed by atoms with Crippen LogP contribution in [0.5, 0.6) is 5.75 Å². The van der Waals surface area contributed by atoms with Gasteiger partial charge in [-0.1, -0.05) is 41.6 Å². The predicted octanol–water partition coefficient (Wildman–Crippen LogP) is 3.37. The summed E-state index contributed by atoms with van der Waals surface area (Å²) in [5, 5.41) is 14.2. The summed E-state index contributed by atoms with van der Waals surface area (Å²) in [5.74, 6) is 1.01. The number of thioether (sulfide) groups is 1. The molecule has 32 heavy (non-hydrogen) atoms. The van der Waals surface area contributed by atoms with Crippen molar-refractivity contribution in [3.8, 4) is 5.75 Å². The molecule has 2 heterocycles. The van der Waals surface area contributed by atoms with Crippen molar-refractivity contribution in [2.45, 2.75) is 25.2 Å². The van der Waals surface area contributed by atoms with E-state index in [0.29, 0.717) is 34.8 Å². The van der Waals surface area contributed by atoms with Crippen LogP contribution in [0.3, 0.4) is 0 Å². The van der Waals surface area contributed by atoms with Gasteiger partial charge in [-0.25, -0.2) is 0 Å². The Balaban J connectivity index is 1.47. The van der Waals surface area contributed by atoms with Crippen molar-refractivity contribution in [2.75, 3.05) is 18.8 Å². The molecule has 8 nitrogen and oxygen atoms in total. The van der Waals surface area contributed by atoms with E-state index in [1.165, 1.54) is 16.7 Å². The van der Waals surface area contributed by atoms with Crippen LogP contribution in [-0.4, -0.2) is 50.3 Å². The number of hydrogen-bond acceptors (Lipinski definition) is 7. The molecule has 0 saturated carbocycles. The maximum absolute atomic E-state index is 12.6. The van der Waals surface area contributed by atoms with E-state index in [4.69, 9.17) is 16.3 Å². The molecule has 2 aromatic heterocycles. The largest absolute Gasteiger partial charge is 0.484 e. The molecule has 170 valence electrons. The average molecular weight is 494 g/mol. The third-order valence-corrected chi connectivity index (χ3v) is 6.75. The van der Waals surface area contributed by atoms with Gasteiger partial charge in [0.1, 0.15) is 12.4 Å². The summed E-state index contributed by atoms with van der Waals surface area (Å²) in [6.07, 6.45) is 0. The van der Waals surface area contributed by atoms with Gasteiger partial charge in [0.05, 0.1) is 23.9 Å². The molecule has 0 unspecified atom stereocenters. The van der Waals surface area contributed by atoms with Gasteiger partial charge in [-0.3, -0.25) is 9.59 Å². The summed E-state index contributed by atoms with van der Waals surface area (Å²) < 4.78 is 7.48. The third-order valence-electron chi connectivity index (χ3n) is 4.55. The SMILES string of the molecule is CCN(CC(=O)NCc1cccs1)C(=O)CSc1nnc(COc2ccccc2Cl)n1C. The Labute approximate surface area is 199 Å². The number of carbonyl (C=O) groups is 2. The number of thiophene rings is 1. The number of nitrogens with one attached hydrogen (secondary N) is 1. The van der Waals surface area contributed by atoms with Crippen LogP contribution in [0.15, 0.2) is 46.9 Å². The fourth-order valence-electron chi connectivity index (χ4n) is 2.72. The Hall–Kier alpha value is -2.56. The third kappa shape index (κ3) is 6.72. The van der Waals surface area contributed by atoms with Crippen molar-refractivity contribution < 1.29 is 14.3 Å². The second-order valence-electron chi connectivity index (χ2n) is 6.73. The average Bonchev–Trinajstić information content (AvgIpc) is 3.44. The Morgan fingerprint density at radius 2 is 2.06 bits per heavy atom. The Morgan fingerprint density at radius 3 is 2.78 bits per heavy atom. The first-order valence-corrected chi connectivity index (χ1v) is 12.2. The standard InChI is InChI=1S/C21H24ClN5O3S2/c1-3-27(12-19(28)23-11-15-7-6-10-31-15)20(29)14-32-21-25-24-18(26(21)2)13-30-17-9-5-4-8-16(17)22/h4-10H,3,11-14H2,1-2H3,(H,23,28). The number of ether oxygens (including phenoxy) is 1. The molecule has 0 spiro atoms. The molecule has 0 fully saturated rings. The molecule has 0 aliphatic carbocycles. The zero-order valence-corrected chi connectivity index (χ0v) is 20.2. The lowest BCUT2D eigenvalue weighted by Gasteiger charge is -2.20. The molecule has 1 aromatic carbocycles. The van der Waals surface area contributed by atoms with Crippen LogP contribution < -0.4 is 10.1 Å². The van der Waals surface area contributed by atoms with E-state index in [2.05, 4.69) is 15.5 Å². The van der Waals surface area contributed by atoms with Crippen molar-refractivity contribution in [1.29, 1.82) is 0 Å². The summed E-state index contributed by atoms with van der Waals surface area (Å²) in [5.41, 5.74) is 0. The highest BCUT2D eigenvalue weighted by molar-refractivity contribution is 7.99. The first-order chi connectivity index (χ1) is 15.5. The van der Waals surface area contributed by atoms with E-state index >= 15 is 0 Å². The van der Waals surface area contributed by atoms with E-state index in [1.54, 1.807) is 28.0 Å². The fraction of sp³-hybridized carbons (Fsp3) is 0.333. The zero-order chi connectivity index (χ0) is 22.9. The summed E-state index contributed by atoms with van der Waals surface area (Å²) in [6, 6.07) is 11.1. The topological polar surface area (TPSA) is 89.3 Å². The molecule has 1 N–H and O–H groups in total. The van der Waals surface area contributed by atoms with Crippen molar-refractivity contribution in [1.82, 2.24) is 25.0 Å². The molecule has 3 aromatic rings. The van der Waals surface area contributed by atoms with Crippen LogP contribution in [0, 0.1) is 0 Å². The van der Waals surface area contributed by atoms with Crippen LogP contribution in [0.25, 0.3) is 0 Å². The maximum Gasteiger partial charge on any atom is 0.239 e. The number of hydrogen-bond donors (Lipinski definition) is 1. The van der Waals surface area contributed by atoms with Crippen LogP contribution in [0.2, 0.25) is 5.02 Å². The Kier molecular flexibility index (Phi) is 8.95. The highest BCUT2D eigenvalue weighted by Crippen LogP contribution is 2.24. The summed E-state index contributed by atoms with van der Waals surface area (Å²) >= 11 is 8.95. The van der Waals surface area contributed by atoms with Gasteiger partial charge in [-0.2, -0.15) is 0 Å². The van der Waals surface area contributed by atoms with Crippen molar-refractivity contribution >= 4 is 46.5 Å². The summed E-state index contributed by atoms with van der Waals surface area (Å²) in [6.45, 7) is 2.99. The maximum atomic E-state index is 12.6. The molecule has 2 amide bonds. The smallest absolute Gasteiger partial charge is 0.239 e. The van der Waals surface area contributed by atoms with Gasteiger partial charge < -0.3 is 19.5 Å². The second-order valence-corrected chi connectivity index (χ2v) is 9.11. The highest BCUT2D eigenvalue weighted by atomic mass is 35.5. The monoisotopic (exact) mass is 493 g/mol. The van der Waals surface area contributed by atoms with E-state index in [1.807, 2.05) is 43.6 Å². The number of nitrogens with zero attached hydrogens (tertiary/aromatic N) is 4. The molecular formula is C21H24ClN5O3S2. The summed E-state index contributed by atoms with van der Waals surface area (Å²) in [4.78, 5) is 27.4. The second kappa shape index (κ2) is 11.9. The Bertz CT molecular complexity index is 1040. The van der Waals surface area contributed by atoms with Gasteiger partial charge in [-0.05, 0) is 30.5 Å². The lowest BCUT2D eigenvalue weighted by atomic mass is 10.3. The molecule has 11 heteroatoms. The lowest BCUT2D eigenvalue weighted by Crippen LogP contribution is -2.41. The van der Waals surface area contributed by atoms with Gasteiger partial charge in [0, 0.05) is 18.5 Å². The van der Waals surface area contributed by atoms with E-state index in [-0.39, 0.29) is 30.7 Å². The van der Waals surface area contributed by atoms with Gasteiger partial charge >= 0.3 is 0 Å². The van der Waals surface area contributed by atoms with Gasteiger partial charge in [0.2, 0.25) is 11.8 Å². The normalized spacial score (nSPS) is 10.7. The number of likely N-dealkylation sites (N-methyl/N-ethyl adjacent to an activating group) is 1. The molecule has 3 rings (SSSR count). The lowest BCUT2D eigenvalue weighted by molar-refractivity contribution is -0.133. The number of rotatable bonds is 11. The van der Waals surface area contributed by atoms with Crippen molar-refractivity contribution in [3.63, 3.8) is 0 Å². The first-order valence-electron chi connectivity index (χ1n) is 9.93. The van der Waals surface area contributed by atoms with Crippen molar-refractivity contribution in [2.24, 2.45) is 7.05 Å². The molecule has 0 aliphatic rings. The van der Waals surface area contributed by atoms with Crippen LogP contribution in [0.1, 0.15) is 17.6 Å². The number of benzene rings is 1. The highest BCUT2D eigenvalue weighted by Gasteiger charge is 2.18. The number of amides is 2. The molecule has 0 aliphatic heterocycles. The minimum Gasteiger partial charge on any atom is -0.484 e. The van der Waals surface area contributed by atoms with E-state index in [9.17, 15) is 9.59 Å². The molecule has 0 saturated heterocycles. The zero-order valence-electron chi connectivity index (χ0n) is 17.8. The van der Waals surface area contributed by atoms with Gasteiger partial charge in [0.15, 0.2) is 11.0 Å². The minimum absolute atomic E-state index is 0.0248. The van der Waals surface area contributed by atoms with Gasteiger partial charge in [-0.15, -0.1) is 21.5 Å². The van der Waals surface area contributed by atoms with Crippen LogP contribution in [0.4, 0.5) is 0 Å². The molecular weight excluding hydrogens is 470 g/mol. The van der Waals surface area contributed by atoms with E-state index < -0.39 is 0 Å². The Morgan fingerprint density at radius 1 is 1.25 bits per heavy atom. The summed E-state index contributed by atoms with van der Waals surface area (Å²) in [7, 11) is 1.81. The quantitative estimate of drug-likeness (QED) is 0.412. The number of para-hydroxylation sites is 1. The minimum atomic E-state index is -0.184. The number of carbonyl (C=O) groups excluding carboxylic acids is 2. The molecule has 0 atom stereocenters. The van der Waals surface area contributed by atoms with Crippen LogP contribution >= 0.6 is 34.7 Å². The van der Waals surface area contributed by atoms with Gasteiger partial charge in [0.25, 0.3) is 0 Å². The molecule has 0 bridgehead atoms. The van der Waals surface area contributed by atoms with Crippen molar-refractivity contribution in [3.05, 3.63) is 57.5 Å². The predicted molar refractivity (Wildman–Crippen MR) is 126 cm³/mol. The van der Waals surface area contributed by atoms with E-state index in [0.717, 1.165) is 4.88 Å². The van der Waals surface area contributed by atoms with Crippen LogP contribution in [-0.2, 0) is 29.8 Å². The first kappa shape index (κ1) is 24.1. The number of aromatic nitrogens is 3. The number of halogens is 1.